The third-order valence-corrected chi connectivity index (χ3v) is 12.8. The standard InChI is InChI=1S/C32H40O8/c1-15-7-8-19-21(15)24-22(20(38-17(3)33)13-29(19,5)36)32(27(35)40-24)14-31-12-11-28(32,4)25(31)23-18(9-10-30(31,6)37)16(2)26(34)39-23/h7,11-12,18-25,36-37H,2,8-10,13-14H2,1,3-6H3/t18-,19+,20-,21-,22+,23-,24+,25-,28+,29+,30+,31-,32-/m0/s1. The zero-order valence-electron chi connectivity index (χ0n) is 23.9. The third kappa shape index (κ3) is 2.83. The van der Waals surface area contributed by atoms with E-state index in [9.17, 15) is 24.6 Å². The summed E-state index contributed by atoms with van der Waals surface area (Å²) in [5.41, 5.74) is -3.74. The van der Waals surface area contributed by atoms with E-state index in [2.05, 4.69) is 18.7 Å². The van der Waals surface area contributed by atoms with E-state index in [1.165, 1.54) is 6.92 Å². The van der Waals surface area contributed by atoms with Crippen LogP contribution in [0.5, 0.6) is 0 Å². The summed E-state index contributed by atoms with van der Waals surface area (Å²) in [6.45, 7) is 13.1. The maximum atomic E-state index is 14.5. The fraction of sp³-hybridized carbons (Fsp3) is 0.719. The fourth-order valence-electron chi connectivity index (χ4n) is 11.0. The van der Waals surface area contributed by atoms with E-state index < -0.39 is 69.5 Å². The Morgan fingerprint density at radius 2 is 1.85 bits per heavy atom. The van der Waals surface area contributed by atoms with Crippen LogP contribution in [0.15, 0.2) is 36.0 Å². The zero-order valence-corrected chi connectivity index (χ0v) is 23.9. The fourth-order valence-corrected chi connectivity index (χ4v) is 11.0. The molecule has 2 bridgehead atoms. The molecule has 2 N–H and O–H groups in total. The maximum absolute atomic E-state index is 14.5. The van der Waals surface area contributed by atoms with E-state index >= 15 is 0 Å². The average Bonchev–Trinajstić information content (AvgIpc) is 3.56. The van der Waals surface area contributed by atoms with Crippen molar-refractivity contribution < 1.29 is 38.8 Å². The number of hydrogen-bond donors (Lipinski definition) is 2. The number of esters is 3. The van der Waals surface area contributed by atoms with Gasteiger partial charge < -0.3 is 24.4 Å². The Kier molecular flexibility index (Phi) is 5.08. The Bertz CT molecular complexity index is 1310. The first-order valence-electron chi connectivity index (χ1n) is 14.7. The Balaban J connectivity index is 1.45. The molecule has 2 saturated heterocycles. The molecule has 0 aromatic heterocycles. The molecule has 7 aliphatic rings. The molecule has 0 radical (unpaired) electrons. The van der Waals surface area contributed by atoms with E-state index in [0.717, 1.165) is 5.57 Å². The Morgan fingerprint density at radius 1 is 1.12 bits per heavy atom. The molecule has 216 valence electrons. The molecule has 8 heteroatoms. The van der Waals surface area contributed by atoms with Crippen LogP contribution in [0.25, 0.3) is 0 Å². The number of carbonyl (C=O) groups excluding carboxylic acids is 3. The summed E-state index contributed by atoms with van der Waals surface area (Å²) < 4.78 is 18.5. The van der Waals surface area contributed by atoms with Gasteiger partial charge in [0.15, 0.2) is 0 Å². The van der Waals surface area contributed by atoms with Gasteiger partial charge in [-0.05, 0) is 46.5 Å². The first kappa shape index (κ1) is 26.4. The van der Waals surface area contributed by atoms with Crippen LogP contribution in [0.4, 0.5) is 0 Å². The predicted molar refractivity (Wildman–Crippen MR) is 142 cm³/mol. The van der Waals surface area contributed by atoms with Crippen molar-refractivity contribution in [3.05, 3.63) is 36.0 Å². The second kappa shape index (κ2) is 7.68. The summed E-state index contributed by atoms with van der Waals surface area (Å²) in [7, 11) is 0. The lowest BCUT2D eigenvalue weighted by Crippen LogP contribution is -2.53. The molecule has 3 saturated carbocycles. The number of carbonyl (C=O) groups is 3. The predicted octanol–water partition coefficient (Wildman–Crippen LogP) is 3.41. The SMILES string of the molecule is C=C1C(=O)O[C@@H]2[C@@H]3[C@@]4(C=C[C@@]3(C)[C@]3(C4)C(=O)O[C@@H]4[C@H]5C(C)=CC[C@H]5[C@](C)(O)C[C@H](OC(C)=O)[C@H]43)[C@](C)(O)CC[C@@H]12. The van der Waals surface area contributed by atoms with Crippen molar-refractivity contribution in [1.29, 1.82) is 0 Å². The van der Waals surface area contributed by atoms with Gasteiger partial charge in [0.2, 0.25) is 0 Å². The smallest absolute Gasteiger partial charge is 0.334 e. The number of ether oxygens (including phenoxy) is 3. The monoisotopic (exact) mass is 552 g/mol. The second-order valence-electron chi connectivity index (χ2n) is 14.5. The van der Waals surface area contributed by atoms with Crippen LogP contribution >= 0.6 is 0 Å². The molecule has 2 aliphatic heterocycles. The number of fused-ring (bicyclic) bond motifs is 6. The van der Waals surface area contributed by atoms with E-state index in [0.29, 0.717) is 24.8 Å². The number of allylic oxidation sites excluding steroid dienone is 2. The molecule has 0 aromatic carbocycles. The summed E-state index contributed by atoms with van der Waals surface area (Å²) in [5.74, 6) is -2.84. The van der Waals surface area contributed by atoms with Crippen LogP contribution in [-0.4, -0.2) is 57.6 Å². The van der Waals surface area contributed by atoms with Crippen molar-refractivity contribution in [2.24, 2.45) is 45.8 Å². The topological polar surface area (TPSA) is 119 Å². The first-order valence-corrected chi connectivity index (χ1v) is 14.7. The molecule has 2 heterocycles. The van der Waals surface area contributed by atoms with Gasteiger partial charge in [0.05, 0.1) is 22.5 Å². The van der Waals surface area contributed by atoms with Gasteiger partial charge in [-0.25, -0.2) is 4.79 Å². The summed E-state index contributed by atoms with van der Waals surface area (Å²) >= 11 is 0. The molecule has 8 nitrogen and oxygen atoms in total. The first-order chi connectivity index (χ1) is 18.6. The van der Waals surface area contributed by atoms with Gasteiger partial charge in [-0.1, -0.05) is 37.3 Å². The lowest BCUT2D eigenvalue weighted by Gasteiger charge is -2.46. The van der Waals surface area contributed by atoms with Gasteiger partial charge in [0, 0.05) is 53.4 Å². The van der Waals surface area contributed by atoms with Crippen LogP contribution in [0, 0.1) is 45.8 Å². The van der Waals surface area contributed by atoms with Gasteiger partial charge in [-0.2, -0.15) is 0 Å². The van der Waals surface area contributed by atoms with Gasteiger partial charge in [-0.15, -0.1) is 0 Å². The lowest BCUT2D eigenvalue weighted by atomic mass is 9.54. The quantitative estimate of drug-likeness (QED) is 0.220. The van der Waals surface area contributed by atoms with Crippen molar-refractivity contribution in [1.82, 2.24) is 0 Å². The number of rotatable bonds is 1. The molecule has 40 heavy (non-hydrogen) atoms. The Hall–Kier alpha value is -2.45. The minimum absolute atomic E-state index is 0.180. The number of aliphatic hydroxyl groups is 2. The third-order valence-electron chi connectivity index (χ3n) is 12.8. The van der Waals surface area contributed by atoms with E-state index in [4.69, 9.17) is 14.2 Å². The lowest BCUT2D eigenvalue weighted by molar-refractivity contribution is -0.165. The highest BCUT2D eigenvalue weighted by atomic mass is 16.6. The van der Waals surface area contributed by atoms with Crippen LogP contribution in [0.3, 0.4) is 0 Å². The van der Waals surface area contributed by atoms with Crippen molar-refractivity contribution in [2.75, 3.05) is 0 Å². The van der Waals surface area contributed by atoms with Crippen LogP contribution in [0.1, 0.15) is 66.7 Å². The summed E-state index contributed by atoms with van der Waals surface area (Å²) in [6, 6.07) is 0. The molecule has 1 spiro atoms. The van der Waals surface area contributed by atoms with E-state index in [1.54, 1.807) is 6.92 Å². The van der Waals surface area contributed by atoms with Crippen molar-refractivity contribution in [2.45, 2.75) is 96.2 Å². The Morgan fingerprint density at radius 3 is 2.55 bits per heavy atom. The molecule has 7 rings (SSSR count). The summed E-state index contributed by atoms with van der Waals surface area (Å²) in [6.07, 6.45) is 6.43. The minimum Gasteiger partial charge on any atom is -0.462 e. The van der Waals surface area contributed by atoms with Gasteiger partial charge in [-0.3, -0.25) is 9.59 Å². The van der Waals surface area contributed by atoms with E-state index in [-0.39, 0.29) is 36.6 Å². The highest BCUT2D eigenvalue weighted by molar-refractivity contribution is 5.91. The minimum atomic E-state index is -1.19. The van der Waals surface area contributed by atoms with Gasteiger partial charge >= 0.3 is 17.9 Å². The van der Waals surface area contributed by atoms with Gasteiger partial charge in [0.25, 0.3) is 0 Å². The van der Waals surface area contributed by atoms with Crippen LogP contribution in [0.2, 0.25) is 0 Å². The van der Waals surface area contributed by atoms with Crippen LogP contribution in [-0.2, 0) is 28.6 Å². The normalized spacial score (nSPS) is 55.6. The average molecular weight is 553 g/mol. The molecular weight excluding hydrogens is 512 g/mol. The number of hydrogen-bond acceptors (Lipinski definition) is 8. The van der Waals surface area contributed by atoms with E-state index in [1.807, 2.05) is 26.8 Å². The molecule has 0 aromatic rings. The molecule has 5 aliphatic carbocycles. The summed E-state index contributed by atoms with van der Waals surface area (Å²) in [5, 5.41) is 24.0. The largest absolute Gasteiger partial charge is 0.462 e. The summed E-state index contributed by atoms with van der Waals surface area (Å²) in [4.78, 5) is 39.9. The molecular formula is C32H40O8. The van der Waals surface area contributed by atoms with Crippen molar-refractivity contribution in [3.63, 3.8) is 0 Å². The second-order valence-corrected chi connectivity index (χ2v) is 14.5. The van der Waals surface area contributed by atoms with Crippen molar-refractivity contribution in [3.8, 4) is 0 Å². The van der Waals surface area contributed by atoms with Crippen molar-refractivity contribution >= 4 is 17.9 Å². The molecule has 0 unspecified atom stereocenters. The molecule has 5 fully saturated rings. The highest BCUT2D eigenvalue weighted by Crippen LogP contribution is 2.80. The van der Waals surface area contributed by atoms with Gasteiger partial charge in [0.1, 0.15) is 18.3 Å². The zero-order chi connectivity index (χ0) is 28.8. The molecule has 0 amide bonds. The maximum Gasteiger partial charge on any atom is 0.334 e. The highest BCUT2D eigenvalue weighted by Gasteiger charge is 2.84. The Labute approximate surface area is 234 Å². The van der Waals surface area contributed by atoms with Crippen LogP contribution < -0.4 is 0 Å². The molecule has 13 atom stereocenters.